The second kappa shape index (κ2) is 8.18. The maximum atomic E-state index is 13.6. The van der Waals surface area contributed by atoms with Crippen LogP contribution in [-0.4, -0.2) is 15.9 Å². The summed E-state index contributed by atoms with van der Waals surface area (Å²) in [6.45, 7) is 2.08. The maximum absolute atomic E-state index is 13.6. The van der Waals surface area contributed by atoms with Crippen LogP contribution >= 0.6 is 22.9 Å². The Bertz CT molecular complexity index is 1490. The van der Waals surface area contributed by atoms with Gasteiger partial charge in [-0.25, -0.2) is 4.98 Å². The highest BCUT2D eigenvalue weighted by Gasteiger charge is 2.26. The van der Waals surface area contributed by atoms with Crippen molar-refractivity contribution < 1.29 is 9.21 Å². The van der Waals surface area contributed by atoms with Crippen LogP contribution in [0.1, 0.15) is 21.6 Å². The van der Waals surface area contributed by atoms with Gasteiger partial charge >= 0.3 is 0 Å². The van der Waals surface area contributed by atoms with Crippen LogP contribution in [0.3, 0.4) is 0 Å². The van der Waals surface area contributed by atoms with Gasteiger partial charge in [-0.1, -0.05) is 47.2 Å². The molecule has 0 unspecified atom stereocenters. The molecule has 2 aromatic carbocycles. The van der Waals surface area contributed by atoms with E-state index in [2.05, 4.69) is 9.97 Å². The number of anilines is 1. The summed E-state index contributed by atoms with van der Waals surface area (Å²) in [6.07, 6.45) is 2.87. The molecule has 5 rings (SSSR count). The van der Waals surface area contributed by atoms with E-state index in [-0.39, 0.29) is 12.1 Å². The Morgan fingerprint density at radius 1 is 1.12 bits per heavy atom. The molecule has 158 valence electrons. The molecular weight excluding hydrogens is 446 g/mol. The zero-order valence-corrected chi connectivity index (χ0v) is 18.5. The Balaban J connectivity index is 1.66. The quantitative estimate of drug-likeness (QED) is 0.348. The van der Waals surface area contributed by atoms with Crippen molar-refractivity contribution in [2.75, 3.05) is 4.90 Å². The number of amides is 1. The molecule has 8 heteroatoms. The Labute approximate surface area is 191 Å². The topological polar surface area (TPSA) is 76.3 Å². The van der Waals surface area contributed by atoms with Crippen LogP contribution in [-0.2, 0) is 6.54 Å². The van der Waals surface area contributed by atoms with Crippen molar-refractivity contribution in [3.8, 4) is 0 Å². The minimum Gasteiger partial charge on any atom is -0.463 e. The lowest BCUT2D eigenvalue weighted by Gasteiger charge is -2.19. The van der Waals surface area contributed by atoms with Crippen LogP contribution in [0.4, 0.5) is 5.13 Å². The monoisotopic (exact) mass is 461 g/mol. The predicted molar refractivity (Wildman–Crippen MR) is 127 cm³/mol. The van der Waals surface area contributed by atoms with Gasteiger partial charge in [-0.15, -0.1) is 0 Å². The highest BCUT2D eigenvalue weighted by atomic mass is 35.5. The van der Waals surface area contributed by atoms with E-state index in [9.17, 15) is 9.59 Å². The summed E-state index contributed by atoms with van der Waals surface area (Å²) in [5.74, 6) is -0.511. The van der Waals surface area contributed by atoms with Crippen molar-refractivity contribution in [2.24, 2.45) is 0 Å². The number of aromatic nitrogens is 2. The summed E-state index contributed by atoms with van der Waals surface area (Å²) in [7, 11) is 0. The normalized spacial score (nSPS) is 11.2. The first kappa shape index (κ1) is 20.4. The van der Waals surface area contributed by atoms with Gasteiger partial charge < -0.3 is 4.42 Å². The zero-order valence-electron chi connectivity index (χ0n) is 16.9. The van der Waals surface area contributed by atoms with Gasteiger partial charge in [0.1, 0.15) is 17.4 Å². The third-order valence-electron chi connectivity index (χ3n) is 5.12. The lowest BCUT2D eigenvalue weighted by molar-refractivity contribution is 0.0982. The second-order valence-corrected chi connectivity index (χ2v) is 8.61. The molecular formula is C24H16ClN3O3S. The Hall–Kier alpha value is -3.55. The number of halogens is 1. The number of hydrogen-bond acceptors (Lipinski definition) is 6. The minimum atomic E-state index is -0.511. The Morgan fingerprint density at radius 3 is 2.72 bits per heavy atom. The number of rotatable bonds is 4. The zero-order chi connectivity index (χ0) is 22.2. The smallest absolute Gasteiger partial charge is 0.267 e. The van der Waals surface area contributed by atoms with E-state index in [1.54, 1.807) is 36.5 Å². The van der Waals surface area contributed by atoms with Gasteiger partial charge in [-0.3, -0.25) is 19.5 Å². The Morgan fingerprint density at radius 2 is 1.94 bits per heavy atom. The molecule has 0 aliphatic heterocycles. The van der Waals surface area contributed by atoms with Crippen molar-refractivity contribution in [2.45, 2.75) is 13.5 Å². The molecule has 0 spiro atoms. The molecule has 0 saturated carbocycles. The highest BCUT2D eigenvalue weighted by molar-refractivity contribution is 7.23. The molecule has 0 radical (unpaired) electrons. The molecule has 5 aromatic rings. The minimum absolute atomic E-state index is 0.0679. The van der Waals surface area contributed by atoms with Gasteiger partial charge in [-0.2, -0.15) is 0 Å². The van der Waals surface area contributed by atoms with E-state index in [1.807, 2.05) is 31.2 Å². The van der Waals surface area contributed by atoms with Crippen LogP contribution in [0.15, 0.2) is 76.3 Å². The largest absolute Gasteiger partial charge is 0.463 e. The molecule has 0 bridgehead atoms. The second-order valence-electron chi connectivity index (χ2n) is 7.23. The first-order valence-corrected chi connectivity index (χ1v) is 11.0. The highest BCUT2D eigenvalue weighted by Crippen LogP contribution is 2.36. The number of pyridine rings is 1. The number of benzene rings is 2. The number of aryl methyl sites for hydroxylation is 1. The average Bonchev–Trinajstić information content (AvgIpc) is 3.27. The third-order valence-corrected chi connectivity index (χ3v) is 6.66. The first-order valence-electron chi connectivity index (χ1n) is 9.81. The van der Waals surface area contributed by atoms with E-state index in [4.69, 9.17) is 16.0 Å². The summed E-state index contributed by atoms with van der Waals surface area (Å²) in [6, 6.07) is 16.0. The number of hydrogen-bond donors (Lipinski definition) is 0. The lowest BCUT2D eigenvalue weighted by Crippen LogP contribution is -2.34. The molecule has 1 amide bonds. The van der Waals surface area contributed by atoms with Gasteiger partial charge in [0.2, 0.25) is 5.43 Å². The van der Waals surface area contributed by atoms with Crippen molar-refractivity contribution in [3.05, 3.63) is 99.1 Å². The van der Waals surface area contributed by atoms with Gasteiger partial charge in [0.25, 0.3) is 5.91 Å². The van der Waals surface area contributed by atoms with E-state index >= 15 is 0 Å². The van der Waals surface area contributed by atoms with Crippen LogP contribution < -0.4 is 10.3 Å². The van der Waals surface area contributed by atoms with Crippen molar-refractivity contribution in [3.63, 3.8) is 0 Å². The van der Waals surface area contributed by atoms with Crippen LogP contribution in [0.2, 0.25) is 5.02 Å². The van der Waals surface area contributed by atoms with Gasteiger partial charge in [0, 0.05) is 6.20 Å². The van der Waals surface area contributed by atoms with Crippen LogP contribution in [0.5, 0.6) is 0 Å². The average molecular weight is 462 g/mol. The molecule has 3 aromatic heterocycles. The Kier molecular flexibility index (Phi) is 5.20. The maximum Gasteiger partial charge on any atom is 0.267 e. The molecule has 3 heterocycles. The van der Waals surface area contributed by atoms with Crippen molar-refractivity contribution >= 4 is 55.2 Å². The first-order chi connectivity index (χ1) is 15.5. The molecule has 0 saturated heterocycles. The van der Waals surface area contributed by atoms with E-state index in [1.165, 1.54) is 22.5 Å². The fraction of sp³-hybridized carbons (Fsp3) is 0.0833. The fourth-order valence-corrected chi connectivity index (χ4v) is 4.77. The van der Waals surface area contributed by atoms with Gasteiger partial charge in [0.05, 0.1) is 32.9 Å². The summed E-state index contributed by atoms with van der Waals surface area (Å²) < 4.78 is 6.36. The number of fused-ring (bicyclic) bond motifs is 2. The number of nitrogens with zero attached hydrogens (tertiary/aromatic N) is 3. The summed E-state index contributed by atoms with van der Waals surface area (Å²) in [4.78, 5) is 37.2. The number of para-hydroxylation sites is 1. The fourth-order valence-electron chi connectivity index (χ4n) is 3.46. The van der Waals surface area contributed by atoms with Crippen LogP contribution in [0.25, 0.3) is 21.2 Å². The summed E-state index contributed by atoms with van der Waals surface area (Å²) in [5, 5.41) is 1.34. The molecule has 0 fully saturated rings. The molecule has 0 N–H and O–H groups in total. The predicted octanol–water partition coefficient (Wildman–Crippen LogP) is 5.61. The molecule has 0 atom stereocenters. The standard InChI is InChI=1S/C24H16ClN3O3S/c1-14-9-10-18(25)22-20(14)27-24(32-22)28(12-15-6-4-5-11-26-15)23(30)17-13-31-19-8-3-2-7-16(19)21(17)29/h2-11,13H,12H2,1H3. The van der Waals surface area contributed by atoms with Crippen molar-refractivity contribution in [1.29, 1.82) is 0 Å². The van der Waals surface area contributed by atoms with Crippen molar-refractivity contribution in [1.82, 2.24) is 9.97 Å². The molecule has 0 aliphatic rings. The molecule has 0 aliphatic carbocycles. The van der Waals surface area contributed by atoms with E-state index in [0.717, 1.165) is 15.8 Å². The molecule has 32 heavy (non-hydrogen) atoms. The van der Waals surface area contributed by atoms with E-state index in [0.29, 0.717) is 26.8 Å². The number of carbonyl (C=O) groups excluding carboxylic acids is 1. The van der Waals surface area contributed by atoms with Gasteiger partial charge in [0.15, 0.2) is 5.13 Å². The molecule has 6 nitrogen and oxygen atoms in total. The summed E-state index contributed by atoms with van der Waals surface area (Å²) >= 11 is 7.68. The number of carbonyl (C=O) groups is 1. The summed E-state index contributed by atoms with van der Waals surface area (Å²) in [5.41, 5.74) is 2.30. The lowest BCUT2D eigenvalue weighted by atomic mass is 10.1. The van der Waals surface area contributed by atoms with Gasteiger partial charge in [-0.05, 0) is 42.8 Å². The SMILES string of the molecule is Cc1ccc(Cl)c2sc(N(Cc3ccccn3)C(=O)c3coc4ccccc4c3=O)nc12. The third kappa shape index (κ3) is 3.55. The van der Waals surface area contributed by atoms with E-state index < -0.39 is 11.3 Å². The van der Waals surface area contributed by atoms with Crippen LogP contribution in [0, 0.1) is 6.92 Å². The number of thiazole rings is 1.